The van der Waals surface area contributed by atoms with Crippen molar-refractivity contribution in [2.24, 2.45) is 22.2 Å². The van der Waals surface area contributed by atoms with Gasteiger partial charge in [0.25, 0.3) is 0 Å². The van der Waals surface area contributed by atoms with E-state index in [0.717, 1.165) is 37.1 Å². The van der Waals surface area contributed by atoms with Crippen LogP contribution in [0.2, 0.25) is 0 Å². The van der Waals surface area contributed by atoms with Gasteiger partial charge in [0.2, 0.25) is 5.13 Å². The Morgan fingerprint density at radius 3 is 2.75 bits per heavy atom. The van der Waals surface area contributed by atoms with Crippen molar-refractivity contribution in [3.05, 3.63) is 23.3 Å². The Morgan fingerprint density at radius 1 is 1.38 bits per heavy atom. The molecular weight excluding hydrogens is 222 g/mol. The molecule has 0 unspecified atom stereocenters. The molecule has 0 aromatic carbocycles. The third-order valence-corrected chi connectivity index (χ3v) is 2.73. The number of hydrogen-bond acceptors (Lipinski definition) is 4. The van der Waals surface area contributed by atoms with Crippen LogP contribution < -0.4 is 17.2 Å². The number of thiazole rings is 1. The maximum Gasteiger partial charge on any atom is 0.212 e. The lowest BCUT2D eigenvalue weighted by Gasteiger charge is -1.98. The Morgan fingerprint density at radius 2 is 2.12 bits per heavy atom. The zero-order valence-corrected chi connectivity index (χ0v) is 9.96. The van der Waals surface area contributed by atoms with Crippen molar-refractivity contribution in [3.63, 3.8) is 0 Å². The minimum Gasteiger partial charge on any atom is -0.403 e. The lowest BCUT2D eigenvalue weighted by Crippen LogP contribution is -2.21. The maximum absolute atomic E-state index is 5.48. The maximum atomic E-state index is 5.48. The molecule has 1 rings (SSSR count). The van der Waals surface area contributed by atoms with Crippen molar-refractivity contribution >= 4 is 22.4 Å². The average Bonchev–Trinajstić information content (AvgIpc) is 2.59. The van der Waals surface area contributed by atoms with Crippen molar-refractivity contribution in [2.75, 3.05) is 0 Å². The van der Waals surface area contributed by atoms with Crippen LogP contribution in [0.3, 0.4) is 0 Å². The smallest absolute Gasteiger partial charge is 0.212 e. The second-order valence-electron chi connectivity index (χ2n) is 3.52. The number of aryl methyl sites for hydroxylation is 1. The topological polar surface area (TPSA) is 103 Å². The second-order valence-corrected chi connectivity index (χ2v) is 4.36. The van der Waals surface area contributed by atoms with E-state index in [1.165, 1.54) is 11.3 Å². The fourth-order valence-corrected chi connectivity index (χ4v) is 1.97. The minimum atomic E-state index is 0.0420. The van der Waals surface area contributed by atoms with Gasteiger partial charge < -0.3 is 17.2 Å². The molecule has 5 nitrogen and oxygen atoms in total. The number of nitrogens with two attached hydrogens (primary N) is 3. The summed E-state index contributed by atoms with van der Waals surface area (Å²) in [5, 5.41) is 2.58. The van der Waals surface area contributed by atoms with Gasteiger partial charge in [-0.3, -0.25) is 0 Å². The van der Waals surface area contributed by atoms with Crippen molar-refractivity contribution < 1.29 is 0 Å². The van der Waals surface area contributed by atoms with Crippen molar-refractivity contribution in [2.45, 2.75) is 25.7 Å². The summed E-state index contributed by atoms with van der Waals surface area (Å²) in [6.45, 7) is 3.66. The molecule has 6 heteroatoms. The number of guanidine groups is 1. The van der Waals surface area contributed by atoms with E-state index in [1.807, 2.05) is 5.38 Å². The van der Waals surface area contributed by atoms with Gasteiger partial charge in [0.15, 0.2) is 5.96 Å². The minimum absolute atomic E-state index is 0.0420. The lowest BCUT2D eigenvalue weighted by atomic mass is 10.1. The number of aliphatic imine (C=N–C) groups is 1. The van der Waals surface area contributed by atoms with Crippen molar-refractivity contribution in [1.82, 2.24) is 4.98 Å². The van der Waals surface area contributed by atoms with Crippen LogP contribution in [0.5, 0.6) is 0 Å². The van der Waals surface area contributed by atoms with Gasteiger partial charge >= 0.3 is 0 Å². The molecular formula is C10H17N5S. The molecule has 0 aliphatic rings. The number of nitrogens with zero attached hydrogens (tertiary/aromatic N) is 2. The zero-order chi connectivity index (χ0) is 12.0. The van der Waals surface area contributed by atoms with E-state index in [0.29, 0.717) is 5.13 Å². The Kier molecular flexibility index (Phi) is 4.78. The molecule has 16 heavy (non-hydrogen) atoms. The van der Waals surface area contributed by atoms with Crippen LogP contribution in [-0.4, -0.2) is 10.9 Å². The molecule has 88 valence electrons. The van der Waals surface area contributed by atoms with Crippen LogP contribution in [0.15, 0.2) is 22.6 Å². The first-order valence-electron chi connectivity index (χ1n) is 5.05. The molecule has 0 fully saturated rings. The van der Waals surface area contributed by atoms with Gasteiger partial charge in [-0.25, -0.2) is 4.98 Å². The normalized spacial score (nSPS) is 10.0. The largest absolute Gasteiger partial charge is 0.403 e. The van der Waals surface area contributed by atoms with Crippen LogP contribution in [0.1, 0.15) is 25.0 Å². The van der Waals surface area contributed by atoms with E-state index in [2.05, 4.69) is 16.6 Å². The first-order valence-corrected chi connectivity index (χ1v) is 5.93. The molecule has 0 atom stereocenters. The summed E-state index contributed by atoms with van der Waals surface area (Å²) in [7, 11) is 0. The third kappa shape index (κ3) is 4.79. The summed E-state index contributed by atoms with van der Waals surface area (Å²) >= 11 is 1.44. The highest BCUT2D eigenvalue weighted by Gasteiger charge is 2.01. The molecule has 0 bridgehead atoms. The van der Waals surface area contributed by atoms with Gasteiger partial charge in [-0.1, -0.05) is 6.58 Å². The second kappa shape index (κ2) is 6.12. The van der Waals surface area contributed by atoms with E-state index in [-0.39, 0.29) is 5.96 Å². The van der Waals surface area contributed by atoms with Crippen LogP contribution in [0.4, 0.5) is 5.13 Å². The average molecular weight is 239 g/mol. The summed E-state index contributed by atoms with van der Waals surface area (Å²) in [4.78, 5) is 8.17. The van der Waals surface area contributed by atoms with Crippen LogP contribution >= 0.6 is 11.3 Å². The lowest BCUT2D eigenvalue weighted by molar-refractivity contribution is 0.719. The quantitative estimate of drug-likeness (QED) is 0.394. The molecule has 0 spiro atoms. The predicted molar refractivity (Wildman–Crippen MR) is 68.5 cm³/mol. The zero-order valence-electron chi connectivity index (χ0n) is 9.15. The van der Waals surface area contributed by atoms with E-state index in [9.17, 15) is 0 Å². The highest BCUT2D eigenvalue weighted by molar-refractivity contribution is 7.13. The number of aromatic nitrogens is 1. The predicted octanol–water partition coefficient (Wildman–Crippen LogP) is 1.23. The first kappa shape index (κ1) is 12.5. The number of rotatable bonds is 6. The molecule has 1 aromatic rings. The summed E-state index contributed by atoms with van der Waals surface area (Å²) in [6, 6.07) is 0. The highest BCUT2D eigenvalue weighted by atomic mass is 32.1. The molecule has 0 radical (unpaired) electrons. The highest BCUT2D eigenvalue weighted by Crippen LogP contribution is 2.19. The summed E-state index contributed by atoms with van der Waals surface area (Å²) < 4.78 is 0. The summed E-state index contributed by atoms with van der Waals surface area (Å²) in [5.41, 5.74) is 17.8. The van der Waals surface area contributed by atoms with Crippen molar-refractivity contribution in [1.29, 1.82) is 0 Å². The van der Waals surface area contributed by atoms with E-state index < -0.39 is 0 Å². The first-order chi connectivity index (χ1) is 7.58. The molecule has 1 aromatic heterocycles. The fraction of sp³-hybridized carbons (Fsp3) is 0.400. The van der Waals surface area contributed by atoms with E-state index in [1.54, 1.807) is 0 Å². The molecule has 0 saturated carbocycles. The molecule has 0 aliphatic carbocycles. The summed E-state index contributed by atoms with van der Waals surface area (Å²) in [5.74, 6) is 0.0420. The summed E-state index contributed by atoms with van der Waals surface area (Å²) in [6.07, 6.45) is 3.86. The van der Waals surface area contributed by atoms with Crippen LogP contribution in [0, 0.1) is 0 Å². The number of hydrogen-bond donors (Lipinski definition) is 3. The van der Waals surface area contributed by atoms with Gasteiger partial charge in [0.1, 0.15) is 0 Å². The molecule has 6 N–H and O–H groups in total. The van der Waals surface area contributed by atoms with E-state index in [4.69, 9.17) is 17.2 Å². The molecule has 1 heterocycles. The monoisotopic (exact) mass is 239 g/mol. The van der Waals surface area contributed by atoms with Crippen molar-refractivity contribution in [3.8, 4) is 0 Å². The SMILES string of the molecule is C=C(N)CCCCc1csc(N=C(N)N)n1. The third-order valence-electron chi connectivity index (χ3n) is 1.95. The Hall–Kier alpha value is -1.56. The molecule has 0 aliphatic heterocycles. The molecule has 0 saturated heterocycles. The Labute approximate surface area is 99.1 Å². The van der Waals surface area contributed by atoms with Gasteiger partial charge in [-0.15, -0.1) is 11.3 Å². The van der Waals surface area contributed by atoms with Gasteiger partial charge in [0, 0.05) is 11.1 Å². The van der Waals surface area contributed by atoms with E-state index >= 15 is 0 Å². The standard InChI is InChI=1S/C10H17N5S/c1-7(11)4-2-3-5-8-6-16-10(14-8)15-9(12)13/h6H,1-5,11H2,(H4,12,13,14,15). The number of allylic oxidation sites excluding steroid dienone is 1. The van der Waals surface area contributed by atoms with Gasteiger partial charge in [-0.05, 0) is 25.7 Å². The molecule has 0 amide bonds. The fourth-order valence-electron chi connectivity index (χ4n) is 1.23. The number of unbranched alkanes of at least 4 members (excludes halogenated alkanes) is 1. The van der Waals surface area contributed by atoms with Crippen LogP contribution in [-0.2, 0) is 6.42 Å². The van der Waals surface area contributed by atoms with Gasteiger partial charge in [0.05, 0.1) is 5.69 Å². The van der Waals surface area contributed by atoms with Gasteiger partial charge in [-0.2, -0.15) is 4.99 Å². The van der Waals surface area contributed by atoms with Crippen LogP contribution in [0.25, 0.3) is 0 Å². The Balaban J connectivity index is 2.35. The Bertz CT molecular complexity index is 378.